The van der Waals surface area contributed by atoms with Crippen molar-refractivity contribution < 1.29 is 5.11 Å². The van der Waals surface area contributed by atoms with Gasteiger partial charge in [-0.05, 0) is 50.8 Å². The van der Waals surface area contributed by atoms with E-state index in [4.69, 9.17) is 0 Å². The molecule has 2 nitrogen and oxygen atoms in total. The Labute approximate surface area is 111 Å². The first kappa shape index (κ1) is 15.3. The van der Waals surface area contributed by atoms with E-state index in [2.05, 4.69) is 32.1 Å². The summed E-state index contributed by atoms with van der Waals surface area (Å²) in [6.45, 7) is 5.64. The molecule has 1 saturated carbocycles. The van der Waals surface area contributed by atoms with Gasteiger partial charge in [0.15, 0.2) is 0 Å². The monoisotopic (exact) mass is 259 g/mol. The van der Waals surface area contributed by atoms with Crippen LogP contribution in [0.5, 0.6) is 0 Å². The predicted octanol–water partition coefficient (Wildman–Crippen LogP) is 2.86. The van der Waals surface area contributed by atoms with Crippen molar-refractivity contribution in [1.82, 2.24) is 4.90 Å². The summed E-state index contributed by atoms with van der Waals surface area (Å²) in [6.07, 6.45) is 6.70. The van der Waals surface area contributed by atoms with Gasteiger partial charge in [0.25, 0.3) is 0 Å². The summed E-state index contributed by atoms with van der Waals surface area (Å²) in [5, 5.41) is 10.1. The van der Waals surface area contributed by atoms with Gasteiger partial charge in [-0.1, -0.05) is 13.8 Å². The molecule has 0 heterocycles. The van der Waals surface area contributed by atoms with E-state index in [1.54, 1.807) is 0 Å². The topological polar surface area (TPSA) is 23.5 Å². The zero-order chi connectivity index (χ0) is 12.8. The van der Waals surface area contributed by atoms with Gasteiger partial charge in [0, 0.05) is 18.3 Å². The molecule has 1 fully saturated rings. The lowest BCUT2D eigenvalue weighted by Crippen LogP contribution is -2.42. The summed E-state index contributed by atoms with van der Waals surface area (Å²) in [6, 6.07) is 0.662. The van der Waals surface area contributed by atoms with Gasteiger partial charge >= 0.3 is 0 Å². The number of hydrogen-bond acceptors (Lipinski definition) is 3. The third kappa shape index (κ3) is 4.80. The molecule has 1 N–H and O–H groups in total. The van der Waals surface area contributed by atoms with Crippen molar-refractivity contribution in [2.75, 3.05) is 25.6 Å². The number of rotatable bonds is 6. The van der Waals surface area contributed by atoms with Gasteiger partial charge in [0.2, 0.25) is 0 Å². The summed E-state index contributed by atoms with van der Waals surface area (Å²) in [5.41, 5.74) is 0. The van der Waals surface area contributed by atoms with E-state index in [0.29, 0.717) is 12.0 Å². The summed E-state index contributed by atoms with van der Waals surface area (Å²) in [5.74, 6) is 2.47. The third-order valence-corrected chi connectivity index (χ3v) is 4.90. The zero-order valence-corrected chi connectivity index (χ0v) is 12.7. The van der Waals surface area contributed by atoms with Gasteiger partial charge in [0.05, 0.1) is 6.10 Å². The minimum absolute atomic E-state index is 0.0690. The van der Waals surface area contributed by atoms with Crippen molar-refractivity contribution in [3.05, 3.63) is 0 Å². The highest BCUT2D eigenvalue weighted by Crippen LogP contribution is 2.30. The molecule has 0 saturated heterocycles. The fourth-order valence-electron chi connectivity index (χ4n) is 2.95. The Balaban J connectivity index is 2.44. The molecule has 0 amide bonds. The van der Waals surface area contributed by atoms with E-state index >= 15 is 0 Å². The molecular formula is C14H29NOS. The molecule has 17 heavy (non-hydrogen) atoms. The van der Waals surface area contributed by atoms with Gasteiger partial charge in [-0.3, -0.25) is 0 Å². The molecule has 0 bridgehead atoms. The number of aliphatic hydroxyl groups is 1. The highest BCUT2D eigenvalue weighted by Gasteiger charge is 2.29. The van der Waals surface area contributed by atoms with Crippen LogP contribution in [0, 0.1) is 11.8 Å². The SMILES string of the molecule is CCC(CSC)N(C)CC1CC(C)CCC1O. The standard InChI is InChI=1S/C14H29NOS/c1-5-13(10-17-4)15(3)9-12-8-11(2)6-7-14(12)16/h11-14,16H,5-10H2,1-4H3. The summed E-state index contributed by atoms with van der Waals surface area (Å²) >= 11 is 1.92. The molecular weight excluding hydrogens is 230 g/mol. The Morgan fingerprint density at radius 1 is 1.41 bits per heavy atom. The van der Waals surface area contributed by atoms with Crippen molar-refractivity contribution in [3.8, 4) is 0 Å². The molecule has 3 heteroatoms. The van der Waals surface area contributed by atoms with E-state index in [0.717, 1.165) is 18.9 Å². The van der Waals surface area contributed by atoms with Crippen molar-refractivity contribution in [1.29, 1.82) is 0 Å². The fourth-order valence-corrected chi connectivity index (χ4v) is 3.82. The van der Waals surface area contributed by atoms with Gasteiger partial charge in [-0.25, -0.2) is 0 Å². The predicted molar refractivity (Wildman–Crippen MR) is 77.6 cm³/mol. The minimum atomic E-state index is -0.0690. The molecule has 1 rings (SSSR count). The van der Waals surface area contributed by atoms with Crippen molar-refractivity contribution in [2.24, 2.45) is 11.8 Å². The molecule has 1 aliphatic rings. The fraction of sp³-hybridized carbons (Fsp3) is 1.00. The maximum absolute atomic E-state index is 10.1. The first-order valence-corrected chi connectivity index (χ1v) is 8.35. The molecule has 0 aromatic rings. The number of thioether (sulfide) groups is 1. The average Bonchev–Trinajstić information content (AvgIpc) is 2.30. The van der Waals surface area contributed by atoms with Gasteiger partial charge in [0.1, 0.15) is 0 Å². The maximum Gasteiger partial charge on any atom is 0.0580 e. The quantitative estimate of drug-likeness (QED) is 0.793. The Bertz CT molecular complexity index is 212. The summed E-state index contributed by atoms with van der Waals surface area (Å²) in [7, 11) is 2.22. The van der Waals surface area contributed by atoms with Crippen LogP contribution in [0.25, 0.3) is 0 Å². The van der Waals surface area contributed by atoms with Crippen molar-refractivity contribution >= 4 is 11.8 Å². The lowest BCUT2D eigenvalue weighted by Gasteiger charge is -2.36. The van der Waals surface area contributed by atoms with Crippen LogP contribution in [0.15, 0.2) is 0 Å². The zero-order valence-electron chi connectivity index (χ0n) is 11.9. The van der Waals surface area contributed by atoms with Crippen LogP contribution in [-0.4, -0.2) is 47.8 Å². The lowest BCUT2D eigenvalue weighted by molar-refractivity contribution is 0.0292. The Morgan fingerprint density at radius 2 is 2.12 bits per heavy atom. The Hall–Kier alpha value is 0.270. The van der Waals surface area contributed by atoms with Crippen molar-refractivity contribution in [2.45, 2.75) is 51.7 Å². The van der Waals surface area contributed by atoms with E-state index in [-0.39, 0.29) is 6.10 Å². The highest BCUT2D eigenvalue weighted by molar-refractivity contribution is 7.98. The second-order valence-corrected chi connectivity index (χ2v) is 6.61. The number of aliphatic hydroxyl groups excluding tert-OH is 1. The summed E-state index contributed by atoms with van der Waals surface area (Å²) < 4.78 is 0. The normalized spacial score (nSPS) is 31.8. The third-order valence-electron chi connectivity index (χ3n) is 4.18. The number of hydrogen-bond donors (Lipinski definition) is 1. The molecule has 1 aliphatic carbocycles. The van der Waals surface area contributed by atoms with Crippen LogP contribution in [-0.2, 0) is 0 Å². The second kappa shape index (κ2) is 7.65. The van der Waals surface area contributed by atoms with Crippen molar-refractivity contribution in [3.63, 3.8) is 0 Å². The first-order valence-electron chi connectivity index (χ1n) is 6.95. The summed E-state index contributed by atoms with van der Waals surface area (Å²) in [4.78, 5) is 2.46. The van der Waals surface area contributed by atoms with Crippen LogP contribution < -0.4 is 0 Å². The average molecular weight is 259 g/mol. The van der Waals surface area contributed by atoms with E-state index in [1.807, 2.05) is 11.8 Å². The maximum atomic E-state index is 10.1. The molecule has 0 aliphatic heterocycles. The molecule has 4 unspecified atom stereocenters. The van der Waals surface area contributed by atoms with Crippen LogP contribution >= 0.6 is 11.8 Å². The largest absolute Gasteiger partial charge is 0.393 e. The Morgan fingerprint density at radius 3 is 2.71 bits per heavy atom. The molecule has 0 aromatic heterocycles. The van der Waals surface area contributed by atoms with E-state index in [9.17, 15) is 5.11 Å². The second-order valence-electron chi connectivity index (χ2n) is 5.70. The van der Waals surface area contributed by atoms with Crippen LogP contribution in [0.2, 0.25) is 0 Å². The van der Waals surface area contributed by atoms with Crippen LogP contribution in [0.4, 0.5) is 0 Å². The van der Waals surface area contributed by atoms with Gasteiger partial charge in [-0.2, -0.15) is 11.8 Å². The molecule has 0 radical (unpaired) electrons. The smallest absolute Gasteiger partial charge is 0.0580 e. The Kier molecular flexibility index (Phi) is 6.90. The molecule has 0 spiro atoms. The molecule has 4 atom stereocenters. The first-order chi connectivity index (χ1) is 8.08. The highest BCUT2D eigenvalue weighted by atomic mass is 32.2. The van der Waals surface area contributed by atoms with Crippen LogP contribution in [0.1, 0.15) is 39.5 Å². The molecule has 102 valence electrons. The van der Waals surface area contributed by atoms with E-state index < -0.39 is 0 Å². The van der Waals surface area contributed by atoms with Gasteiger partial charge < -0.3 is 10.0 Å². The van der Waals surface area contributed by atoms with Gasteiger partial charge in [-0.15, -0.1) is 0 Å². The number of nitrogens with zero attached hydrogens (tertiary/aromatic N) is 1. The minimum Gasteiger partial charge on any atom is -0.393 e. The molecule has 0 aromatic carbocycles. The van der Waals surface area contributed by atoms with Crippen LogP contribution in [0.3, 0.4) is 0 Å². The van der Waals surface area contributed by atoms with E-state index in [1.165, 1.54) is 25.0 Å². The lowest BCUT2D eigenvalue weighted by atomic mass is 9.80.